The van der Waals surface area contributed by atoms with Crippen LogP contribution in [0.4, 0.5) is 0 Å². The van der Waals surface area contributed by atoms with Crippen LogP contribution in [0.2, 0.25) is 0 Å². The zero-order valence-corrected chi connectivity index (χ0v) is 17.2. The van der Waals surface area contributed by atoms with Crippen LogP contribution in [0.1, 0.15) is 39.2 Å². The quantitative estimate of drug-likeness (QED) is 0.445. The van der Waals surface area contributed by atoms with E-state index in [-0.39, 0.29) is 0 Å². The van der Waals surface area contributed by atoms with Gasteiger partial charge in [0.2, 0.25) is 0 Å². The van der Waals surface area contributed by atoms with Crippen LogP contribution in [0.15, 0.2) is 56.7 Å². The molecule has 1 aromatic rings. The van der Waals surface area contributed by atoms with Crippen LogP contribution >= 0.6 is 0 Å². The standard InChI is InChI=1S/C17H21.Hg/c1-4-15(2)13-14-16(3)9-8-12-17-10-6-5-7-11-17;/h5-8,10-12,14H,4,9H2,1-3H3;/b12-8+,15-13?,16-14+;. The summed E-state index contributed by atoms with van der Waals surface area (Å²) in [5.74, 6) is 0. The van der Waals surface area contributed by atoms with E-state index in [1.807, 2.05) is 0 Å². The van der Waals surface area contributed by atoms with Crippen LogP contribution < -0.4 is 0 Å². The van der Waals surface area contributed by atoms with E-state index in [0.717, 1.165) is 32.5 Å². The third-order valence-electron chi connectivity index (χ3n) is 3.05. The first-order chi connectivity index (χ1) is 8.63. The van der Waals surface area contributed by atoms with E-state index in [0.29, 0.717) is 0 Å². The Bertz CT molecular complexity index is 450. The predicted molar refractivity (Wildman–Crippen MR) is 76.8 cm³/mol. The van der Waals surface area contributed by atoms with Gasteiger partial charge in [-0.2, -0.15) is 0 Å². The molecule has 0 fully saturated rings. The fourth-order valence-corrected chi connectivity index (χ4v) is 3.98. The van der Waals surface area contributed by atoms with Gasteiger partial charge in [0.25, 0.3) is 0 Å². The Hall–Kier alpha value is -0.625. The molecule has 0 aliphatic rings. The van der Waals surface area contributed by atoms with Gasteiger partial charge in [-0.3, -0.25) is 0 Å². The summed E-state index contributed by atoms with van der Waals surface area (Å²) in [6.07, 6.45) is 9.07. The molecule has 0 aromatic heterocycles. The maximum absolute atomic E-state index is 2.39. The van der Waals surface area contributed by atoms with Crippen molar-refractivity contribution in [2.75, 3.05) is 0 Å². The molecule has 0 aliphatic carbocycles. The summed E-state index contributed by atoms with van der Waals surface area (Å²) < 4.78 is 1.60. The molecule has 0 bridgehead atoms. The zero-order chi connectivity index (χ0) is 13.4. The monoisotopic (exact) mass is 427 g/mol. The number of allylic oxidation sites excluding steroid dienone is 5. The van der Waals surface area contributed by atoms with Gasteiger partial charge in [0.15, 0.2) is 0 Å². The van der Waals surface area contributed by atoms with E-state index >= 15 is 0 Å². The van der Waals surface area contributed by atoms with Gasteiger partial charge in [-0.05, 0) is 0 Å². The first-order valence-corrected chi connectivity index (χ1v) is 9.28. The van der Waals surface area contributed by atoms with Crippen molar-refractivity contribution in [1.29, 1.82) is 0 Å². The second-order valence-corrected chi connectivity index (χ2v) is 7.63. The SMILES string of the molecule is CC/C(C)=[C]([Hg])/C=C(\C)C/C=C/c1ccccc1. The second kappa shape index (κ2) is 8.47. The molecule has 0 nitrogen and oxygen atoms in total. The summed E-state index contributed by atoms with van der Waals surface area (Å²) >= 11 is 0.723. The molecule has 0 aliphatic heterocycles. The summed E-state index contributed by atoms with van der Waals surface area (Å²) in [7, 11) is 0. The molecule has 0 saturated carbocycles. The van der Waals surface area contributed by atoms with Crippen molar-refractivity contribution < 1.29 is 26.1 Å². The van der Waals surface area contributed by atoms with E-state index in [1.54, 1.807) is 8.65 Å². The Morgan fingerprint density at radius 3 is 2.44 bits per heavy atom. The number of hydrogen-bond acceptors (Lipinski definition) is 0. The first-order valence-electron chi connectivity index (χ1n) is 6.54. The second-order valence-electron chi connectivity index (χ2n) is 4.67. The normalized spacial score (nSPS) is 13.9. The van der Waals surface area contributed by atoms with Gasteiger partial charge in [0.05, 0.1) is 0 Å². The van der Waals surface area contributed by atoms with E-state index in [4.69, 9.17) is 0 Å². The van der Waals surface area contributed by atoms with Crippen LogP contribution in [0.3, 0.4) is 0 Å². The van der Waals surface area contributed by atoms with Crippen LogP contribution in [0, 0.1) is 0 Å². The fourth-order valence-electron chi connectivity index (χ4n) is 1.65. The Morgan fingerprint density at radius 2 is 1.83 bits per heavy atom. The fraction of sp³-hybridized carbons (Fsp3) is 0.294. The molecule has 0 atom stereocenters. The summed E-state index contributed by atoms with van der Waals surface area (Å²) in [5, 5.41) is 0. The van der Waals surface area contributed by atoms with Gasteiger partial charge in [-0.25, -0.2) is 0 Å². The molecule has 1 rings (SSSR count). The molecule has 0 amide bonds. The van der Waals surface area contributed by atoms with Gasteiger partial charge < -0.3 is 0 Å². The van der Waals surface area contributed by atoms with E-state index in [1.165, 1.54) is 17.6 Å². The molecule has 1 aromatic carbocycles. The maximum atomic E-state index is 2.39. The summed E-state index contributed by atoms with van der Waals surface area (Å²) in [6.45, 7) is 6.72. The van der Waals surface area contributed by atoms with Crippen LogP contribution in [0.25, 0.3) is 6.08 Å². The summed E-state index contributed by atoms with van der Waals surface area (Å²) in [4.78, 5) is 0. The third kappa shape index (κ3) is 5.81. The Morgan fingerprint density at radius 1 is 1.17 bits per heavy atom. The summed E-state index contributed by atoms with van der Waals surface area (Å²) in [6, 6.07) is 10.5. The van der Waals surface area contributed by atoms with Crippen LogP contribution in [0.5, 0.6) is 0 Å². The number of benzene rings is 1. The minimum absolute atomic E-state index is 0.723. The Labute approximate surface area is 127 Å². The molecular formula is C17H21Hg. The molecule has 1 heteroatoms. The van der Waals surface area contributed by atoms with Crippen LogP contribution in [-0.2, 0) is 26.1 Å². The zero-order valence-electron chi connectivity index (χ0n) is 11.7. The predicted octanol–water partition coefficient (Wildman–Crippen LogP) is 5.27. The Kier molecular flexibility index (Phi) is 7.26. The Balaban J connectivity index is 2.59. The molecule has 0 radical (unpaired) electrons. The van der Waals surface area contributed by atoms with Crippen molar-refractivity contribution in [3.05, 3.63) is 62.3 Å². The van der Waals surface area contributed by atoms with Crippen molar-refractivity contribution in [2.45, 2.75) is 33.6 Å². The van der Waals surface area contributed by atoms with Crippen molar-refractivity contribution >= 4 is 6.08 Å². The topological polar surface area (TPSA) is 0 Å². The van der Waals surface area contributed by atoms with Gasteiger partial charge in [0.1, 0.15) is 0 Å². The van der Waals surface area contributed by atoms with Gasteiger partial charge in [-0.15, -0.1) is 0 Å². The van der Waals surface area contributed by atoms with Crippen LogP contribution in [-0.4, -0.2) is 0 Å². The van der Waals surface area contributed by atoms with E-state index in [2.05, 4.69) is 69.3 Å². The minimum atomic E-state index is 0.723. The van der Waals surface area contributed by atoms with Gasteiger partial charge in [0, 0.05) is 0 Å². The van der Waals surface area contributed by atoms with Gasteiger partial charge >= 0.3 is 128 Å². The molecule has 0 spiro atoms. The molecule has 0 saturated heterocycles. The average Bonchev–Trinajstić information content (AvgIpc) is 2.38. The molecule has 0 heterocycles. The first kappa shape index (κ1) is 15.4. The van der Waals surface area contributed by atoms with E-state index in [9.17, 15) is 0 Å². The van der Waals surface area contributed by atoms with Crippen molar-refractivity contribution in [3.63, 3.8) is 0 Å². The number of hydrogen-bond donors (Lipinski definition) is 0. The summed E-state index contributed by atoms with van der Waals surface area (Å²) in [5.41, 5.74) is 4.30. The van der Waals surface area contributed by atoms with Gasteiger partial charge in [-0.1, -0.05) is 0 Å². The van der Waals surface area contributed by atoms with Crippen molar-refractivity contribution in [2.24, 2.45) is 0 Å². The average molecular weight is 426 g/mol. The molecule has 91 valence electrons. The molecular weight excluding hydrogens is 405 g/mol. The molecule has 0 N–H and O–H groups in total. The molecule has 18 heavy (non-hydrogen) atoms. The van der Waals surface area contributed by atoms with Crippen molar-refractivity contribution in [3.8, 4) is 0 Å². The number of rotatable bonds is 5. The third-order valence-corrected chi connectivity index (χ3v) is 6.19. The van der Waals surface area contributed by atoms with Crippen molar-refractivity contribution in [1.82, 2.24) is 0 Å². The van der Waals surface area contributed by atoms with E-state index < -0.39 is 0 Å². The molecule has 0 unspecified atom stereocenters.